The lowest BCUT2D eigenvalue weighted by Crippen LogP contribution is -1.78. The summed E-state index contributed by atoms with van der Waals surface area (Å²) in [6.45, 7) is 1.74. The molecule has 14 heavy (non-hydrogen) atoms. The maximum atomic E-state index is 8.60. The molecule has 0 fully saturated rings. The van der Waals surface area contributed by atoms with Crippen LogP contribution < -0.4 is 0 Å². The van der Waals surface area contributed by atoms with Crippen molar-refractivity contribution in [3.63, 3.8) is 0 Å². The van der Waals surface area contributed by atoms with E-state index in [1.165, 1.54) is 0 Å². The van der Waals surface area contributed by atoms with E-state index in [0.717, 1.165) is 5.56 Å². The van der Waals surface area contributed by atoms with Crippen molar-refractivity contribution in [3.05, 3.63) is 35.7 Å². The Bertz CT molecular complexity index is 479. The smallest absolute Gasteiger partial charge is 0.247 e. The Labute approximate surface area is 80.8 Å². The summed E-state index contributed by atoms with van der Waals surface area (Å²) in [5.41, 5.74) is 1.44. The second-order valence-corrected chi connectivity index (χ2v) is 2.82. The normalized spacial score (nSPS) is 9.71. The van der Waals surface area contributed by atoms with Gasteiger partial charge in [0.2, 0.25) is 11.8 Å². The van der Waals surface area contributed by atoms with Crippen LogP contribution in [0.15, 0.2) is 28.7 Å². The van der Waals surface area contributed by atoms with Crippen LogP contribution in [0.3, 0.4) is 0 Å². The number of aryl methyl sites for hydroxylation is 1. The molecule has 0 N–H and O–H groups in total. The zero-order chi connectivity index (χ0) is 9.97. The minimum Gasteiger partial charge on any atom is -0.421 e. The van der Waals surface area contributed by atoms with E-state index in [4.69, 9.17) is 9.68 Å². The molecule has 68 valence electrons. The fourth-order valence-electron chi connectivity index (χ4n) is 1.10. The third kappa shape index (κ3) is 1.48. The molecule has 0 aliphatic rings. The average molecular weight is 185 g/mol. The highest BCUT2D eigenvalue weighted by molar-refractivity contribution is 5.54. The maximum absolute atomic E-state index is 8.60. The molecule has 0 saturated heterocycles. The molecule has 0 amide bonds. The molecular weight excluding hydrogens is 178 g/mol. The van der Waals surface area contributed by atoms with Gasteiger partial charge in [0.15, 0.2) is 0 Å². The summed E-state index contributed by atoms with van der Waals surface area (Å²) in [5.74, 6) is 1.01. The van der Waals surface area contributed by atoms with Gasteiger partial charge >= 0.3 is 0 Å². The highest BCUT2D eigenvalue weighted by Gasteiger charge is 2.04. The number of hydrogen-bond acceptors (Lipinski definition) is 4. The number of rotatable bonds is 1. The van der Waals surface area contributed by atoms with Gasteiger partial charge in [-0.15, -0.1) is 10.2 Å². The molecule has 4 nitrogen and oxygen atoms in total. The van der Waals surface area contributed by atoms with E-state index in [0.29, 0.717) is 17.3 Å². The SMILES string of the molecule is Cc1nnc(-c2ccc(C#N)cc2)o1. The van der Waals surface area contributed by atoms with E-state index in [1.807, 2.05) is 6.07 Å². The molecule has 0 spiro atoms. The Morgan fingerprint density at radius 1 is 1.21 bits per heavy atom. The molecule has 1 heterocycles. The van der Waals surface area contributed by atoms with Gasteiger partial charge in [0.1, 0.15) is 0 Å². The average Bonchev–Trinajstić information content (AvgIpc) is 2.65. The van der Waals surface area contributed by atoms with E-state index in [1.54, 1.807) is 31.2 Å². The molecule has 0 aliphatic carbocycles. The van der Waals surface area contributed by atoms with E-state index < -0.39 is 0 Å². The second-order valence-electron chi connectivity index (χ2n) is 2.82. The summed E-state index contributed by atoms with van der Waals surface area (Å²) in [4.78, 5) is 0. The molecule has 0 radical (unpaired) electrons. The van der Waals surface area contributed by atoms with E-state index >= 15 is 0 Å². The summed E-state index contributed by atoms with van der Waals surface area (Å²) in [7, 11) is 0. The monoisotopic (exact) mass is 185 g/mol. The van der Waals surface area contributed by atoms with Crippen molar-refractivity contribution in [1.29, 1.82) is 5.26 Å². The van der Waals surface area contributed by atoms with Gasteiger partial charge in [0.05, 0.1) is 11.6 Å². The lowest BCUT2D eigenvalue weighted by Gasteiger charge is -1.93. The lowest BCUT2D eigenvalue weighted by atomic mass is 10.1. The topological polar surface area (TPSA) is 62.7 Å². The van der Waals surface area contributed by atoms with Crippen LogP contribution in [-0.4, -0.2) is 10.2 Å². The first-order chi connectivity index (χ1) is 6.79. The Balaban J connectivity index is 2.39. The predicted octanol–water partition coefficient (Wildman–Crippen LogP) is 1.92. The molecule has 1 aromatic carbocycles. The summed E-state index contributed by atoms with van der Waals surface area (Å²) < 4.78 is 5.24. The van der Waals surface area contributed by atoms with Crippen LogP contribution in [0.1, 0.15) is 11.5 Å². The van der Waals surface area contributed by atoms with Gasteiger partial charge in [0.25, 0.3) is 0 Å². The molecule has 0 unspecified atom stereocenters. The number of aromatic nitrogens is 2. The maximum Gasteiger partial charge on any atom is 0.247 e. The molecule has 2 aromatic rings. The Morgan fingerprint density at radius 2 is 1.93 bits per heavy atom. The number of hydrogen-bond donors (Lipinski definition) is 0. The molecule has 0 saturated carbocycles. The number of nitriles is 1. The first-order valence-corrected chi connectivity index (χ1v) is 4.10. The van der Waals surface area contributed by atoms with E-state index in [2.05, 4.69) is 10.2 Å². The first-order valence-electron chi connectivity index (χ1n) is 4.10. The van der Waals surface area contributed by atoms with Crippen molar-refractivity contribution >= 4 is 0 Å². The van der Waals surface area contributed by atoms with Crippen molar-refractivity contribution in [3.8, 4) is 17.5 Å². The zero-order valence-electron chi connectivity index (χ0n) is 7.56. The third-order valence-electron chi connectivity index (χ3n) is 1.79. The van der Waals surface area contributed by atoms with Crippen LogP contribution >= 0.6 is 0 Å². The van der Waals surface area contributed by atoms with E-state index in [-0.39, 0.29) is 0 Å². The van der Waals surface area contributed by atoms with Crippen LogP contribution in [0, 0.1) is 18.3 Å². The molecule has 0 aliphatic heterocycles. The molecular formula is C10H7N3O. The molecule has 4 heteroatoms. The quantitative estimate of drug-likeness (QED) is 0.680. The van der Waals surface area contributed by atoms with Crippen LogP contribution in [0.4, 0.5) is 0 Å². The molecule has 0 atom stereocenters. The Kier molecular flexibility index (Phi) is 1.99. The van der Waals surface area contributed by atoms with Crippen molar-refractivity contribution in [2.75, 3.05) is 0 Å². The molecule has 0 bridgehead atoms. The summed E-state index contributed by atoms with van der Waals surface area (Å²) in [5, 5.41) is 16.2. The van der Waals surface area contributed by atoms with Gasteiger partial charge in [-0.25, -0.2) is 0 Å². The van der Waals surface area contributed by atoms with Gasteiger partial charge in [-0.1, -0.05) is 0 Å². The minimum absolute atomic E-state index is 0.479. The van der Waals surface area contributed by atoms with Crippen molar-refractivity contribution in [2.45, 2.75) is 6.92 Å². The van der Waals surface area contributed by atoms with Gasteiger partial charge in [-0.2, -0.15) is 5.26 Å². The molecule has 1 aromatic heterocycles. The van der Waals surface area contributed by atoms with E-state index in [9.17, 15) is 0 Å². The van der Waals surface area contributed by atoms with Crippen LogP contribution in [-0.2, 0) is 0 Å². The highest BCUT2D eigenvalue weighted by Crippen LogP contribution is 2.17. The second kappa shape index (κ2) is 3.30. The zero-order valence-corrected chi connectivity index (χ0v) is 7.56. The van der Waals surface area contributed by atoms with Gasteiger partial charge in [0, 0.05) is 12.5 Å². The van der Waals surface area contributed by atoms with Gasteiger partial charge in [-0.05, 0) is 24.3 Å². The van der Waals surface area contributed by atoms with Crippen molar-refractivity contribution in [2.24, 2.45) is 0 Å². The fraction of sp³-hybridized carbons (Fsp3) is 0.100. The number of nitrogens with zero attached hydrogens (tertiary/aromatic N) is 3. The molecule has 2 rings (SSSR count). The summed E-state index contributed by atoms with van der Waals surface area (Å²) in [6, 6.07) is 9.04. The lowest BCUT2D eigenvalue weighted by molar-refractivity contribution is 0.533. The standard InChI is InChI=1S/C10H7N3O/c1-7-12-13-10(14-7)9-4-2-8(6-11)3-5-9/h2-5H,1H3. The highest BCUT2D eigenvalue weighted by atomic mass is 16.4. The Hall–Kier alpha value is -2.15. The number of benzene rings is 1. The minimum atomic E-state index is 0.479. The fourth-order valence-corrected chi connectivity index (χ4v) is 1.10. The Morgan fingerprint density at radius 3 is 2.43 bits per heavy atom. The third-order valence-corrected chi connectivity index (χ3v) is 1.79. The van der Waals surface area contributed by atoms with Gasteiger partial charge < -0.3 is 4.42 Å². The summed E-state index contributed by atoms with van der Waals surface area (Å²) in [6.07, 6.45) is 0. The van der Waals surface area contributed by atoms with Crippen molar-refractivity contribution in [1.82, 2.24) is 10.2 Å². The van der Waals surface area contributed by atoms with Crippen LogP contribution in [0.25, 0.3) is 11.5 Å². The predicted molar refractivity (Wildman–Crippen MR) is 49.2 cm³/mol. The van der Waals surface area contributed by atoms with Gasteiger partial charge in [-0.3, -0.25) is 0 Å². The van der Waals surface area contributed by atoms with Crippen LogP contribution in [0.2, 0.25) is 0 Å². The summed E-state index contributed by atoms with van der Waals surface area (Å²) >= 11 is 0. The van der Waals surface area contributed by atoms with Crippen LogP contribution in [0.5, 0.6) is 0 Å². The largest absolute Gasteiger partial charge is 0.421 e. The van der Waals surface area contributed by atoms with Crippen molar-refractivity contribution < 1.29 is 4.42 Å². The first kappa shape index (κ1) is 8.45.